The van der Waals surface area contributed by atoms with Gasteiger partial charge >= 0.3 is 6.09 Å². The van der Waals surface area contributed by atoms with Crippen LogP contribution >= 0.6 is 0 Å². The number of anilines is 1. The van der Waals surface area contributed by atoms with Crippen molar-refractivity contribution in [1.82, 2.24) is 10.2 Å². The molecule has 0 bridgehead atoms. The van der Waals surface area contributed by atoms with E-state index in [0.717, 1.165) is 24.0 Å². The van der Waals surface area contributed by atoms with Gasteiger partial charge in [0.05, 0.1) is 6.04 Å². The first-order valence-electron chi connectivity index (χ1n) is 16.3. The number of carbonyl (C=O) groups excluding carboxylic acids is 3. The van der Waals surface area contributed by atoms with Gasteiger partial charge in [-0.3, -0.25) is 14.5 Å². The van der Waals surface area contributed by atoms with Gasteiger partial charge in [0, 0.05) is 29.9 Å². The fourth-order valence-electron chi connectivity index (χ4n) is 5.57. The number of hydrogen-bond donors (Lipinski definition) is 2. The van der Waals surface area contributed by atoms with Crippen LogP contribution in [0.2, 0.25) is 0 Å². The molecule has 0 aromatic heterocycles. The second kappa shape index (κ2) is 17.9. The lowest BCUT2D eigenvalue weighted by Crippen LogP contribution is -2.34. The fourth-order valence-corrected chi connectivity index (χ4v) is 5.57. The van der Waals surface area contributed by atoms with Crippen LogP contribution in [0.4, 0.5) is 10.5 Å². The van der Waals surface area contributed by atoms with Crippen LogP contribution in [0.5, 0.6) is 0 Å². The molecule has 7 heteroatoms. The van der Waals surface area contributed by atoms with Crippen molar-refractivity contribution in [2.75, 3.05) is 18.5 Å². The van der Waals surface area contributed by atoms with Crippen molar-refractivity contribution >= 4 is 23.6 Å². The SMILES string of the molecule is CCCCCCCCCCCCNC(=O)c1ccc(NC(=O)c2cccc(CN3C(=O)OC[C@H]3Cc3ccccc3)c2)cc1. The van der Waals surface area contributed by atoms with Crippen LogP contribution in [0.25, 0.3) is 0 Å². The van der Waals surface area contributed by atoms with Crippen molar-refractivity contribution in [3.63, 3.8) is 0 Å². The first-order chi connectivity index (χ1) is 21.5. The average molecular weight is 598 g/mol. The Morgan fingerprint density at radius 1 is 0.750 bits per heavy atom. The van der Waals surface area contributed by atoms with Gasteiger partial charge in [0.15, 0.2) is 0 Å². The summed E-state index contributed by atoms with van der Waals surface area (Å²) >= 11 is 0. The minimum absolute atomic E-state index is 0.0620. The molecular weight excluding hydrogens is 550 g/mol. The first-order valence-corrected chi connectivity index (χ1v) is 16.3. The maximum atomic E-state index is 13.0. The van der Waals surface area contributed by atoms with E-state index in [4.69, 9.17) is 4.74 Å². The van der Waals surface area contributed by atoms with Crippen molar-refractivity contribution < 1.29 is 19.1 Å². The van der Waals surface area contributed by atoms with Gasteiger partial charge in [-0.25, -0.2) is 4.79 Å². The summed E-state index contributed by atoms with van der Waals surface area (Å²) in [5, 5.41) is 5.91. The summed E-state index contributed by atoms with van der Waals surface area (Å²) in [6.45, 7) is 3.63. The van der Waals surface area contributed by atoms with E-state index in [1.165, 1.54) is 51.4 Å². The second-order valence-electron chi connectivity index (χ2n) is 11.7. The smallest absolute Gasteiger partial charge is 0.410 e. The standard InChI is InChI=1S/C37H47N3O4/c1-2-3-4-5-6-7-8-9-10-14-24-38-35(41)31-20-22-33(23-21-31)39-36(42)32-19-15-18-30(25-32)27-40-34(28-44-37(40)43)26-29-16-12-11-13-17-29/h11-13,15-23,25,34H,2-10,14,24,26-28H2,1H3,(H,38,41)(H,39,42)/t34-/m1/s1. The summed E-state index contributed by atoms with van der Waals surface area (Å²) in [4.78, 5) is 39.8. The maximum absolute atomic E-state index is 13.0. The zero-order valence-corrected chi connectivity index (χ0v) is 26.1. The highest BCUT2D eigenvalue weighted by atomic mass is 16.6. The number of rotatable bonds is 18. The van der Waals surface area contributed by atoms with Gasteiger partial charge in [0.2, 0.25) is 0 Å². The Morgan fingerprint density at radius 2 is 1.41 bits per heavy atom. The van der Waals surface area contributed by atoms with E-state index < -0.39 is 0 Å². The molecule has 1 aliphatic heterocycles. The number of cyclic esters (lactones) is 1. The van der Waals surface area contributed by atoms with E-state index in [9.17, 15) is 14.4 Å². The molecular formula is C37H47N3O4. The van der Waals surface area contributed by atoms with Crippen LogP contribution in [0.3, 0.4) is 0 Å². The molecule has 1 atom stereocenters. The summed E-state index contributed by atoms with van der Waals surface area (Å²) in [7, 11) is 0. The summed E-state index contributed by atoms with van der Waals surface area (Å²) in [6, 6.07) is 24.2. The predicted molar refractivity (Wildman–Crippen MR) is 176 cm³/mol. The lowest BCUT2D eigenvalue weighted by molar-refractivity contribution is 0.0952. The van der Waals surface area contributed by atoms with Crippen molar-refractivity contribution in [1.29, 1.82) is 0 Å². The number of amides is 3. The van der Waals surface area contributed by atoms with Gasteiger partial charge in [0.25, 0.3) is 11.8 Å². The molecule has 0 unspecified atom stereocenters. The Labute approximate surface area is 262 Å². The largest absolute Gasteiger partial charge is 0.447 e. The molecule has 1 aliphatic rings. The average Bonchev–Trinajstić information content (AvgIpc) is 3.38. The molecule has 1 heterocycles. The molecule has 0 aliphatic carbocycles. The third-order valence-corrected chi connectivity index (χ3v) is 8.15. The van der Waals surface area contributed by atoms with Crippen LogP contribution in [-0.4, -0.2) is 42.0 Å². The highest BCUT2D eigenvalue weighted by molar-refractivity contribution is 6.04. The zero-order valence-electron chi connectivity index (χ0n) is 26.1. The molecule has 3 aromatic carbocycles. The highest BCUT2D eigenvalue weighted by Crippen LogP contribution is 2.21. The molecule has 2 N–H and O–H groups in total. The van der Waals surface area contributed by atoms with Crippen LogP contribution in [0, 0.1) is 0 Å². The van der Waals surface area contributed by atoms with E-state index in [-0.39, 0.29) is 23.9 Å². The Kier molecular flexibility index (Phi) is 13.3. The number of hydrogen-bond acceptors (Lipinski definition) is 4. The number of nitrogens with zero attached hydrogens (tertiary/aromatic N) is 1. The quantitative estimate of drug-likeness (QED) is 0.145. The van der Waals surface area contributed by atoms with E-state index >= 15 is 0 Å². The molecule has 44 heavy (non-hydrogen) atoms. The molecule has 0 saturated carbocycles. The minimum Gasteiger partial charge on any atom is -0.447 e. The summed E-state index contributed by atoms with van der Waals surface area (Å²) < 4.78 is 5.34. The highest BCUT2D eigenvalue weighted by Gasteiger charge is 2.33. The number of benzene rings is 3. The Balaban J connectivity index is 1.19. The fraction of sp³-hybridized carbons (Fsp3) is 0.432. The minimum atomic E-state index is -0.339. The van der Waals surface area contributed by atoms with E-state index in [0.29, 0.717) is 42.9 Å². The monoisotopic (exact) mass is 597 g/mol. The molecule has 234 valence electrons. The molecule has 3 aromatic rings. The molecule has 1 saturated heterocycles. The summed E-state index contributed by atoms with van der Waals surface area (Å²) in [6.07, 6.45) is 13.0. The van der Waals surface area contributed by atoms with Gasteiger partial charge < -0.3 is 15.4 Å². The molecule has 1 fully saturated rings. The third-order valence-electron chi connectivity index (χ3n) is 8.15. The molecule has 3 amide bonds. The van der Waals surface area contributed by atoms with Crippen molar-refractivity contribution in [3.05, 3.63) is 101 Å². The maximum Gasteiger partial charge on any atom is 0.410 e. The van der Waals surface area contributed by atoms with E-state index in [1.807, 2.05) is 42.5 Å². The number of nitrogens with one attached hydrogen (secondary N) is 2. The molecule has 4 rings (SSSR count). The lowest BCUT2D eigenvalue weighted by atomic mass is 10.0. The topological polar surface area (TPSA) is 87.7 Å². The lowest BCUT2D eigenvalue weighted by Gasteiger charge is -2.22. The van der Waals surface area contributed by atoms with Crippen LogP contribution in [-0.2, 0) is 17.7 Å². The van der Waals surface area contributed by atoms with Gasteiger partial charge in [-0.05, 0) is 60.4 Å². The van der Waals surface area contributed by atoms with Crippen molar-refractivity contribution in [3.8, 4) is 0 Å². The van der Waals surface area contributed by atoms with Gasteiger partial charge in [-0.2, -0.15) is 0 Å². The van der Waals surface area contributed by atoms with E-state index in [2.05, 4.69) is 17.6 Å². The summed E-state index contributed by atoms with van der Waals surface area (Å²) in [5.74, 6) is -0.354. The number of carbonyl (C=O) groups is 3. The molecule has 7 nitrogen and oxygen atoms in total. The Bertz CT molecular complexity index is 1330. The molecule has 0 radical (unpaired) electrons. The van der Waals surface area contributed by atoms with E-state index in [1.54, 1.807) is 41.3 Å². The normalized spacial score (nSPS) is 14.3. The Morgan fingerprint density at radius 3 is 2.11 bits per heavy atom. The van der Waals surface area contributed by atoms with Crippen LogP contribution in [0.15, 0.2) is 78.9 Å². The predicted octanol–water partition coefficient (Wildman–Crippen LogP) is 8.15. The van der Waals surface area contributed by atoms with Gasteiger partial charge in [-0.15, -0.1) is 0 Å². The van der Waals surface area contributed by atoms with Crippen LogP contribution < -0.4 is 10.6 Å². The second-order valence-corrected chi connectivity index (χ2v) is 11.7. The zero-order chi connectivity index (χ0) is 31.0. The summed E-state index contributed by atoms with van der Waals surface area (Å²) in [5.41, 5.74) is 3.67. The first kappa shape index (κ1) is 32.8. The van der Waals surface area contributed by atoms with Crippen LogP contribution in [0.1, 0.15) is 103 Å². The molecule has 0 spiro atoms. The number of ether oxygens (including phenoxy) is 1. The van der Waals surface area contributed by atoms with Crippen molar-refractivity contribution in [2.24, 2.45) is 0 Å². The van der Waals surface area contributed by atoms with Gasteiger partial charge in [-0.1, -0.05) is 107 Å². The van der Waals surface area contributed by atoms with Gasteiger partial charge in [0.1, 0.15) is 6.61 Å². The third kappa shape index (κ3) is 10.5. The Hall–Kier alpha value is -4.13. The number of unbranched alkanes of at least 4 members (excludes halogenated alkanes) is 9. The van der Waals surface area contributed by atoms with Crippen molar-refractivity contribution in [2.45, 2.75) is 90.1 Å².